The van der Waals surface area contributed by atoms with Gasteiger partial charge >= 0.3 is 6.61 Å². The fourth-order valence-electron chi connectivity index (χ4n) is 2.15. The molecule has 2 rings (SSSR count). The van der Waals surface area contributed by atoms with Crippen LogP contribution in [0.15, 0.2) is 24.3 Å². The van der Waals surface area contributed by atoms with Gasteiger partial charge in [-0.25, -0.2) is 0 Å². The van der Waals surface area contributed by atoms with E-state index in [4.69, 9.17) is 9.47 Å². The number of hydrogen-bond acceptors (Lipinski definition) is 4. The summed E-state index contributed by atoms with van der Waals surface area (Å²) in [6.45, 7) is 1.35. The summed E-state index contributed by atoms with van der Waals surface area (Å²) in [6.07, 6.45) is 3.07. The summed E-state index contributed by atoms with van der Waals surface area (Å²) in [5.41, 5.74) is 0.664. The average molecular weight is 327 g/mol. The first-order chi connectivity index (χ1) is 11.1. The van der Waals surface area contributed by atoms with E-state index >= 15 is 0 Å². The Morgan fingerprint density at radius 1 is 1.35 bits per heavy atom. The number of hydrogen-bond donors (Lipinski definition) is 0. The molecule has 0 saturated carbocycles. The normalized spacial score (nSPS) is 15.2. The molecule has 0 aromatic heterocycles. The molecule has 0 N–H and O–H groups in total. The molecule has 0 radical (unpaired) electrons. The van der Waals surface area contributed by atoms with E-state index < -0.39 is 6.61 Å². The van der Waals surface area contributed by atoms with E-state index in [0.717, 1.165) is 0 Å². The topological polar surface area (TPSA) is 48.0 Å². The van der Waals surface area contributed by atoms with E-state index in [1.165, 1.54) is 12.1 Å². The van der Waals surface area contributed by atoms with Crippen molar-refractivity contribution in [2.75, 3.05) is 32.9 Å². The van der Waals surface area contributed by atoms with Crippen molar-refractivity contribution in [1.82, 2.24) is 4.90 Å². The number of ether oxygens (including phenoxy) is 3. The monoisotopic (exact) mass is 327 g/mol. The van der Waals surface area contributed by atoms with Crippen molar-refractivity contribution in [3.63, 3.8) is 0 Å². The van der Waals surface area contributed by atoms with Gasteiger partial charge in [-0.05, 0) is 30.7 Å². The minimum atomic E-state index is -2.92. The number of halogens is 2. The predicted octanol–water partition coefficient (Wildman–Crippen LogP) is 2.56. The SMILES string of the molecule is CCOc1cc(/C=C/C(=O)N2CCOCC2)ccc1OC(F)F. The number of carbonyl (C=O) groups excluding carboxylic acids is 1. The summed E-state index contributed by atoms with van der Waals surface area (Å²) in [5.74, 6) is 0.0754. The summed E-state index contributed by atoms with van der Waals surface area (Å²) in [4.78, 5) is 13.7. The molecule has 1 aliphatic heterocycles. The molecule has 0 aliphatic carbocycles. The lowest BCUT2D eigenvalue weighted by Crippen LogP contribution is -2.39. The summed E-state index contributed by atoms with van der Waals surface area (Å²) < 4.78 is 39.6. The van der Waals surface area contributed by atoms with Crippen LogP contribution in [0.5, 0.6) is 11.5 Å². The molecule has 7 heteroatoms. The summed E-state index contributed by atoms with van der Waals surface area (Å²) in [5, 5.41) is 0. The number of nitrogens with zero attached hydrogens (tertiary/aromatic N) is 1. The fraction of sp³-hybridized carbons (Fsp3) is 0.438. The molecule has 1 saturated heterocycles. The molecule has 5 nitrogen and oxygen atoms in total. The van der Waals surface area contributed by atoms with Gasteiger partial charge in [-0.15, -0.1) is 0 Å². The first-order valence-electron chi connectivity index (χ1n) is 7.36. The van der Waals surface area contributed by atoms with Gasteiger partial charge in [0.05, 0.1) is 19.8 Å². The van der Waals surface area contributed by atoms with Gasteiger partial charge in [-0.3, -0.25) is 4.79 Å². The lowest BCUT2D eigenvalue weighted by molar-refractivity contribution is -0.129. The van der Waals surface area contributed by atoms with E-state index in [1.807, 2.05) is 0 Å². The molecule has 23 heavy (non-hydrogen) atoms. The standard InChI is InChI=1S/C16H19F2NO4/c1-2-22-14-11-12(3-5-13(14)23-16(17)18)4-6-15(20)19-7-9-21-10-8-19/h3-6,11,16H,2,7-10H2,1H3/b6-4+. The van der Waals surface area contributed by atoms with E-state index in [-0.39, 0.29) is 17.4 Å². The highest BCUT2D eigenvalue weighted by Gasteiger charge is 2.14. The molecule has 1 aromatic carbocycles. The minimum Gasteiger partial charge on any atom is -0.490 e. The maximum atomic E-state index is 12.3. The lowest BCUT2D eigenvalue weighted by Gasteiger charge is -2.25. The zero-order valence-corrected chi connectivity index (χ0v) is 12.8. The summed E-state index contributed by atoms with van der Waals surface area (Å²) in [7, 11) is 0. The van der Waals surface area contributed by atoms with Gasteiger partial charge in [0.15, 0.2) is 11.5 Å². The van der Waals surface area contributed by atoms with Crippen molar-refractivity contribution in [3.8, 4) is 11.5 Å². The number of carbonyl (C=O) groups is 1. The summed E-state index contributed by atoms with van der Waals surface area (Å²) in [6, 6.07) is 4.55. The molecule has 1 amide bonds. The molecule has 0 spiro atoms. The summed E-state index contributed by atoms with van der Waals surface area (Å²) >= 11 is 0. The Balaban J connectivity index is 2.08. The van der Waals surface area contributed by atoms with Crippen molar-refractivity contribution in [2.24, 2.45) is 0 Å². The largest absolute Gasteiger partial charge is 0.490 e. The van der Waals surface area contributed by atoms with Crippen LogP contribution in [0.3, 0.4) is 0 Å². The maximum Gasteiger partial charge on any atom is 0.387 e. The Labute approximate surface area is 133 Å². The Bertz CT molecular complexity index is 557. The number of rotatable bonds is 6. The number of amides is 1. The van der Waals surface area contributed by atoms with Crippen molar-refractivity contribution in [3.05, 3.63) is 29.8 Å². The Morgan fingerprint density at radius 3 is 2.74 bits per heavy atom. The smallest absolute Gasteiger partial charge is 0.387 e. The van der Waals surface area contributed by atoms with Crippen LogP contribution in [0.25, 0.3) is 6.08 Å². The minimum absolute atomic E-state index is 0.0292. The molecule has 1 heterocycles. The van der Waals surface area contributed by atoms with Crippen LogP contribution >= 0.6 is 0 Å². The molecule has 1 aliphatic rings. The maximum absolute atomic E-state index is 12.3. The van der Waals surface area contributed by atoms with Crippen LogP contribution in [0.1, 0.15) is 12.5 Å². The van der Waals surface area contributed by atoms with Gasteiger partial charge in [-0.1, -0.05) is 6.07 Å². The van der Waals surface area contributed by atoms with Gasteiger partial charge in [0.1, 0.15) is 0 Å². The third-order valence-electron chi connectivity index (χ3n) is 3.22. The molecule has 126 valence electrons. The van der Waals surface area contributed by atoms with Crippen LogP contribution in [0, 0.1) is 0 Å². The van der Waals surface area contributed by atoms with E-state index in [9.17, 15) is 13.6 Å². The van der Waals surface area contributed by atoms with Crippen molar-refractivity contribution in [2.45, 2.75) is 13.5 Å². The highest BCUT2D eigenvalue weighted by atomic mass is 19.3. The second-order valence-electron chi connectivity index (χ2n) is 4.79. The van der Waals surface area contributed by atoms with Gasteiger partial charge in [0, 0.05) is 19.2 Å². The van der Waals surface area contributed by atoms with E-state index in [0.29, 0.717) is 38.5 Å². The van der Waals surface area contributed by atoms with Crippen molar-refractivity contribution in [1.29, 1.82) is 0 Å². The molecular formula is C16H19F2NO4. The number of benzene rings is 1. The van der Waals surface area contributed by atoms with Crippen LogP contribution in [-0.2, 0) is 9.53 Å². The Hall–Kier alpha value is -2.15. The van der Waals surface area contributed by atoms with Gasteiger partial charge in [0.25, 0.3) is 0 Å². The van der Waals surface area contributed by atoms with Crippen molar-refractivity contribution < 1.29 is 27.8 Å². The first-order valence-corrected chi connectivity index (χ1v) is 7.36. The molecule has 0 unspecified atom stereocenters. The zero-order valence-electron chi connectivity index (χ0n) is 12.8. The molecule has 0 atom stereocenters. The highest BCUT2D eigenvalue weighted by molar-refractivity contribution is 5.91. The highest BCUT2D eigenvalue weighted by Crippen LogP contribution is 2.30. The molecular weight excluding hydrogens is 308 g/mol. The lowest BCUT2D eigenvalue weighted by atomic mass is 10.2. The third kappa shape index (κ3) is 5.21. The number of morpholine rings is 1. The molecule has 1 fully saturated rings. The van der Waals surface area contributed by atoms with E-state index in [1.54, 1.807) is 30.0 Å². The third-order valence-corrected chi connectivity index (χ3v) is 3.22. The van der Waals surface area contributed by atoms with Crippen LogP contribution in [0.2, 0.25) is 0 Å². The van der Waals surface area contributed by atoms with Crippen LogP contribution in [0.4, 0.5) is 8.78 Å². The van der Waals surface area contributed by atoms with Crippen LogP contribution in [-0.4, -0.2) is 50.3 Å². The molecule has 0 bridgehead atoms. The Morgan fingerprint density at radius 2 is 2.09 bits per heavy atom. The quantitative estimate of drug-likeness (QED) is 0.754. The van der Waals surface area contributed by atoms with Gasteiger partial charge in [-0.2, -0.15) is 8.78 Å². The second kappa shape index (κ2) is 8.47. The van der Waals surface area contributed by atoms with Crippen LogP contribution < -0.4 is 9.47 Å². The average Bonchev–Trinajstić information content (AvgIpc) is 2.55. The van der Waals surface area contributed by atoms with E-state index in [2.05, 4.69) is 4.74 Å². The number of alkyl halides is 2. The fourth-order valence-corrected chi connectivity index (χ4v) is 2.15. The second-order valence-corrected chi connectivity index (χ2v) is 4.79. The Kier molecular flexibility index (Phi) is 6.34. The van der Waals surface area contributed by atoms with Gasteiger partial charge in [0.2, 0.25) is 5.91 Å². The van der Waals surface area contributed by atoms with Crippen molar-refractivity contribution >= 4 is 12.0 Å². The first kappa shape index (κ1) is 17.2. The van der Waals surface area contributed by atoms with Gasteiger partial charge < -0.3 is 19.1 Å². The zero-order chi connectivity index (χ0) is 16.7. The molecule has 1 aromatic rings. The predicted molar refractivity (Wildman–Crippen MR) is 80.7 cm³/mol.